The number of anilines is 1. The summed E-state index contributed by atoms with van der Waals surface area (Å²) >= 11 is 10.9. The number of fused-ring (bicyclic) bond motifs is 1. The third kappa shape index (κ3) is 1.79. The van der Waals surface area contributed by atoms with Gasteiger partial charge < -0.3 is 9.97 Å². The number of carbonyl (C=O) groups excluding carboxylic acids is 1. The van der Waals surface area contributed by atoms with Crippen LogP contribution in [0.5, 0.6) is 0 Å². The van der Waals surface area contributed by atoms with Crippen molar-refractivity contribution in [1.82, 2.24) is 19.9 Å². The summed E-state index contributed by atoms with van der Waals surface area (Å²) in [5.74, 6) is 1.08. The predicted octanol–water partition coefficient (Wildman–Crippen LogP) is 1.61. The number of rotatable bonds is 2. The van der Waals surface area contributed by atoms with E-state index in [9.17, 15) is 4.79 Å². The van der Waals surface area contributed by atoms with Gasteiger partial charge in [0, 0.05) is 18.8 Å². The van der Waals surface area contributed by atoms with Crippen molar-refractivity contribution in [3.05, 3.63) is 11.0 Å². The van der Waals surface area contributed by atoms with Gasteiger partial charge in [-0.05, 0) is 5.92 Å². The predicted molar refractivity (Wildman–Crippen MR) is 70.3 cm³/mol. The van der Waals surface area contributed by atoms with E-state index >= 15 is 0 Å². The van der Waals surface area contributed by atoms with Gasteiger partial charge in [-0.1, -0.05) is 12.2 Å². The van der Waals surface area contributed by atoms with Crippen LogP contribution in [0.3, 0.4) is 0 Å². The summed E-state index contributed by atoms with van der Waals surface area (Å²) in [6.07, 6.45) is 1.99. The third-order valence-electron chi connectivity index (χ3n) is 2.97. The van der Waals surface area contributed by atoms with E-state index in [-0.39, 0.29) is 11.8 Å². The summed E-state index contributed by atoms with van der Waals surface area (Å²) < 4.78 is 0.401. The molecule has 0 saturated carbocycles. The summed E-state index contributed by atoms with van der Waals surface area (Å²) in [4.78, 5) is 27.7. The highest BCUT2D eigenvalue weighted by molar-refractivity contribution is 7.71. The maximum Gasteiger partial charge on any atom is 0.229 e. The quantitative estimate of drug-likeness (QED) is 0.648. The molecule has 0 aromatic carbocycles. The first-order chi connectivity index (χ1) is 8.69. The van der Waals surface area contributed by atoms with Gasteiger partial charge in [0.05, 0.1) is 6.33 Å². The van der Waals surface area contributed by atoms with Gasteiger partial charge in [-0.2, -0.15) is 0 Å². The van der Waals surface area contributed by atoms with Gasteiger partial charge in [0.2, 0.25) is 11.9 Å². The maximum absolute atomic E-state index is 11.9. The number of amides is 1. The van der Waals surface area contributed by atoms with Crippen molar-refractivity contribution in [1.29, 1.82) is 0 Å². The van der Waals surface area contributed by atoms with Crippen LogP contribution < -0.4 is 4.90 Å². The second-order valence-electron chi connectivity index (χ2n) is 4.22. The number of nitrogens with zero attached hydrogens (tertiary/aromatic N) is 3. The molecule has 1 unspecified atom stereocenters. The number of hydrogen-bond acceptors (Lipinski definition) is 4. The standard InChI is InChI=1S/C10H10ClN5OS/c11-2-5-1-6(17)16(3-5)10-14-8-7(9(18)15-10)12-4-13-8/h4-5H,1-3H2,(H2,12,13,14,15,18). The number of imidazole rings is 1. The smallest absolute Gasteiger partial charge is 0.229 e. The first-order valence-electron chi connectivity index (χ1n) is 5.48. The van der Waals surface area contributed by atoms with Gasteiger partial charge in [-0.3, -0.25) is 9.69 Å². The zero-order valence-electron chi connectivity index (χ0n) is 9.31. The summed E-state index contributed by atoms with van der Waals surface area (Å²) in [7, 11) is 0. The zero-order chi connectivity index (χ0) is 12.7. The number of carbonyl (C=O) groups is 1. The molecule has 8 heteroatoms. The highest BCUT2D eigenvalue weighted by Gasteiger charge is 2.31. The van der Waals surface area contributed by atoms with Crippen LogP contribution in [-0.2, 0) is 4.79 Å². The summed E-state index contributed by atoms with van der Waals surface area (Å²) in [5, 5.41) is 0. The zero-order valence-corrected chi connectivity index (χ0v) is 10.9. The lowest BCUT2D eigenvalue weighted by Gasteiger charge is -2.14. The summed E-state index contributed by atoms with van der Waals surface area (Å²) in [5.41, 5.74) is 1.28. The van der Waals surface area contributed by atoms with Crippen LogP contribution in [-0.4, -0.2) is 38.3 Å². The van der Waals surface area contributed by atoms with Crippen molar-refractivity contribution in [2.24, 2.45) is 5.92 Å². The van der Waals surface area contributed by atoms with E-state index in [2.05, 4.69) is 19.9 Å². The van der Waals surface area contributed by atoms with Crippen LogP contribution in [0.1, 0.15) is 6.42 Å². The molecular weight excluding hydrogens is 274 g/mol. The molecule has 0 bridgehead atoms. The molecule has 6 nitrogen and oxygen atoms in total. The van der Waals surface area contributed by atoms with E-state index in [1.807, 2.05) is 0 Å². The number of hydrogen-bond donors (Lipinski definition) is 2. The van der Waals surface area contributed by atoms with E-state index < -0.39 is 0 Å². The van der Waals surface area contributed by atoms with Crippen molar-refractivity contribution in [3.63, 3.8) is 0 Å². The molecular formula is C10H10ClN5OS. The van der Waals surface area contributed by atoms with Crippen LogP contribution in [0.2, 0.25) is 0 Å². The first kappa shape index (κ1) is 11.6. The summed E-state index contributed by atoms with van der Waals surface area (Å²) in [6, 6.07) is 0. The SMILES string of the molecule is O=C1CC(CCl)CN1c1nc(=S)c2[nH]cnc2[nH]1. The Balaban J connectivity index is 2.04. The lowest BCUT2D eigenvalue weighted by atomic mass is 10.2. The monoisotopic (exact) mass is 283 g/mol. The Hall–Kier alpha value is -1.47. The van der Waals surface area contributed by atoms with E-state index in [1.165, 1.54) is 6.33 Å². The molecule has 0 radical (unpaired) electrons. The Morgan fingerprint density at radius 1 is 1.61 bits per heavy atom. The van der Waals surface area contributed by atoms with Gasteiger partial charge in [-0.15, -0.1) is 11.6 Å². The van der Waals surface area contributed by atoms with Crippen molar-refractivity contribution in [3.8, 4) is 0 Å². The minimum absolute atomic E-state index is 0.00804. The molecule has 2 aromatic rings. The maximum atomic E-state index is 11.9. The lowest BCUT2D eigenvalue weighted by Crippen LogP contribution is -2.26. The molecule has 1 saturated heterocycles. The number of alkyl halides is 1. The van der Waals surface area contributed by atoms with E-state index in [1.54, 1.807) is 4.90 Å². The Labute approximate surface area is 112 Å². The number of aromatic amines is 2. The molecule has 0 spiro atoms. The average Bonchev–Trinajstić information content (AvgIpc) is 2.95. The second kappa shape index (κ2) is 4.33. The minimum Gasteiger partial charge on any atom is -0.341 e. The Morgan fingerprint density at radius 3 is 3.17 bits per heavy atom. The molecule has 1 amide bonds. The van der Waals surface area contributed by atoms with Crippen LogP contribution in [0.15, 0.2) is 6.33 Å². The Kier molecular flexibility index (Phi) is 2.79. The molecule has 1 aliphatic heterocycles. The topological polar surface area (TPSA) is 77.7 Å². The Bertz CT molecular complexity index is 666. The minimum atomic E-state index is 0.00804. The second-order valence-corrected chi connectivity index (χ2v) is 4.92. The third-order valence-corrected chi connectivity index (χ3v) is 3.70. The van der Waals surface area contributed by atoms with Crippen LogP contribution in [0.4, 0.5) is 5.95 Å². The fourth-order valence-electron chi connectivity index (χ4n) is 2.06. The van der Waals surface area contributed by atoms with Crippen molar-refractivity contribution >= 4 is 46.8 Å². The molecule has 2 aromatic heterocycles. The van der Waals surface area contributed by atoms with Gasteiger partial charge in [0.1, 0.15) is 5.52 Å². The highest BCUT2D eigenvalue weighted by Crippen LogP contribution is 2.24. The number of halogens is 1. The van der Waals surface area contributed by atoms with Crippen LogP contribution in [0, 0.1) is 10.6 Å². The molecule has 18 heavy (non-hydrogen) atoms. The van der Waals surface area contributed by atoms with Crippen molar-refractivity contribution < 1.29 is 4.79 Å². The normalized spacial score (nSPS) is 19.9. The molecule has 1 fully saturated rings. The fraction of sp³-hybridized carbons (Fsp3) is 0.400. The molecule has 1 aliphatic rings. The largest absolute Gasteiger partial charge is 0.341 e. The molecule has 3 rings (SSSR count). The average molecular weight is 284 g/mol. The molecule has 2 N–H and O–H groups in total. The first-order valence-corrected chi connectivity index (χ1v) is 6.43. The van der Waals surface area contributed by atoms with Crippen LogP contribution in [0.25, 0.3) is 11.2 Å². The van der Waals surface area contributed by atoms with E-state index in [4.69, 9.17) is 23.8 Å². The molecule has 1 atom stereocenters. The fourth-order valence-corrected chi connectivity index (χ4v) is 2.50. The van der Waals surface area contributed by atoms with Gasteiger partial charge in [0.15, 0.2) is 10.3 Å². The van der Waals surface area contributed by atoms with Crippen LogP contribution >= 0.6 is 23.8 Å². The number of H-pyrrole nitrogens is 2. The molecule has 94 valence electrons. The highest BCUT2D eigenvalue weighted by atomic mass is 35.5. The Morgan fingerprint density at radius 2 is 2.44 bits per heavy atom. The van der Waals surface area contributed by atoms with Gasteiger partial charge in [0.25, 0.3) is 0 Å². The van der Waals surface area contributed by atoms with E-state index in [0.717, 1.165) is 0 Å². The van der Waals surface area contributed by atoms with E-state index in [0.29, 0.717) is 40.6 Å². The van der Waals surface area contributed by atoms with Gasteiger partial charge in [-0.25, -0.2) is 9.97 Å². The molecule has 3 heterocycles. The lowest BCUT2D eigenvalue weighted by molar-refractivity contribution is -0.117. The van der Waals surface area contributed by atoms with Crippen molar-refractivity contribution in [2.75, 3.05) is 17.3 Å². The summed E-state index contributed by atoms with van der Waals surface area (Å²) in [6.45, 7) is 0.566. The molecule has 0 aliphatic carbocycles. The van der Waals surface area contributed by atoms with Gasteiger partial charge >= 0.3 is 0 Å². The number of aromatic nitrogens is 4. The van der Waals surface area contributed by atoms with Crippen molar-refractivity contribution in [2.45, 2.75) is 6.42 Å². The number of nitrogens with one attached hydrogen (secondary N) is 2.